The van der Waals surface area contributed by atoms with Crippen molar-refractivity contribution in [3.63, 3.8) is 0 Å². The first-order valence-corrected chi connectivity index (χ1v) is 4.55. The number of hydrogen-bond donors (Lipinski definition) is 0. The summed E-state index contributed by atoms with van der Waals surface area (Å²) in [4.78, 5) is 11.2. The fourth-order valence-electron chi connectivity index (χ4n) is 1.43. The maximum Gasteiger partial charge on any atom is 0.314 e. The van der Waals surface area contributed by atoms with E-state index in [2.05, 4.69) is 0 Å². The topological polar surface area (TPSA) is 26.3 Å². The Morgan fingerprint density at radius 2 is 2.31 bits per heavy atom. The van der Waals surface area contributed by atoms with Crippen molar-refractivity contribution in [3.8, 4) is 5.75 Å². The first-order valence-electron chi connectivity index (χ1n) is 4.17. The fourth-order valence-corrected chi connectivity index (χ4v) is 1.62. The van der Waals surface area contributed by atoms with Gasteiger partial charge in [-0.15, -0.1) is 0 Å². The molecule has 0 fully saturated rings. The molecule has 1 atom stereocenters. The van der Waals surface area contributed by atoms with E-state index < -0.39 is 0 Å². The second-order valence-electron chi connectivity index (χ2n) is 3.28. The van der Waals surface area contributed by atoms with Crippen molar-refractivity contribution in [1.82, 2.24) is 0 Å². The number of rotatable bonds is 0. The summed E-state index contributed by atoms with van der Waals surface area (Å²) in [7, 11) is 0. The lowest BCUT2D eigenvalue weighted by Crippen LogP contribution is -2.25. The van der Waals surface area contributed by atoms with Crippen LogP contribution in [0, 0.1) is 5.92 Å². The molecule has 68 valence electrons. The Labute approximate surface area is 81.5 Å². The molecule has 1 aliphatic heterocycles. The summed E-state index contributed by atoms with van der Waals surface area (Å²) < 4.78 is 5.10. The Bertz CT molecular complexity index is 360. The third kappa shape index (κ3) is 1.54. The highest BCUT2D eigenvalue weighted by molar-refractivity contribution is 6.30. The monoisotopic (exact) mass is 196 g/mol. The molecule has 0 aromatic heterocycles. The molecule has 1 aromatic rings. The molecule has 1 heterocycles. The van der Waals surface area contributed by atoms with Crippen LogP contribution in [0.25, 0.3) is 0 Å². The van der Waals surface area contributed by atoms with E-state index in [4.69, 9.17) is 16.3 Å². The lowest BCUT2D eigenvalue weighted by molar-refractivity contribution is -0.139. The molecule has 3 heteroatoms. The van der Waals surface area contributed by atoms with Crippen LogP contribution in [-0.4, -0.2) is 5.97 Å². The molecule has 1 aliphatic rings. The first kappa shape index (κ1) is 8.57. The molecule has 0 N–H and O–H groups in total. The van der Waals surface area contributed by atoms with Gasteiger partial charge in [0.15, 0.2) is 0 Å². The maximum atomic E-state index is 11.2. The van der Waals surface area contributed by atoms with Gasteiger partial charge in [-0.3, -0.25) is 4.79 Å². The van der Waals surface area contributed by atoms with Crippen LogP contribution >= 0.6 is 11.6 Å². The quantitative estimate of drug-likeness (QED) is 0.471. The third-order valence-electron chi connectivity index (χ3n) is 2.16. The second-order valence-corrected chi connectivity index (χ2v) is 3.71. The van der Waals surface area contributed by atoms with E-state index >= 15 is 0 Å². The fraction of sp³-hybridized carbons (Fsp3) is 0.300. The largest absolute Gasteiger partial charge is 0.426 e. The molecule has 0 radical (unpaired) electrons. The first-order chi connectivity index (χ1) is 6.16. The molecule has 0 saturated heterocycles. The van der Waals surface area contributed by atoms with Gasteiger partial charge in [0.1, 0.15) is 5.75 Å². The van der Waals surface area contributed by atoms with Gasteiger partial charge in [-0.25, -0.2) is 0 Å². The Hall–Kier alpha value is -1.02. The van der Waals surface area contributed by atoms with Crippen LogP contribution in [0.15, 0.2) is 18.2 Å². The number of benzene rings is 1. The summed E-state index contributed by atoms with van der Waals surface area (Å²) in [6, 6.07) is 5.31. The summed E-state index contributed by atoms with van der Waals surface area (Å²) in [6.07, 6.45) is 0.717. The minimum Gasteiger partial charge on any atom is -0.426 e. The van der Waals surface area contributed by atoms with Gasteiger partial charge < -0.3 is 4.74 Å². The summed E-state index contributed by atoms with van der Waals surface area (Å²) in [6.45, 7) is 1.85. The van der Waals surface area contributed by atoms with E-state index in [1.807, 2.05) is 13.0 Å². The molecule has 1 aromatic carbocycles. The van der Waals surface area contributed by atoms with Crippen LogP contribution in [0.3, 0.4) is 0 Å². The third-order valence-corrected chi connectivity index (χ3v) is 2.40. The van der Waals surface area contributed by atoms with E-state index in [0.29, 0.717) is 17.2 Å². The molecular formula is C10H9ClO2. The molecule has 0 saturated carbocycles. The molecule has 0 bridgehead atoms. The predicted octanol–water partition coefficient (Wildman–Crippen LogP) is 2.44. The summed E-state index contributed by atoms with van der Waals surface area (Å²) in [5, 5.41) is 0.684. The minimum atomic E-state index is -0.158. The SMILES string of the molecule is CC1Cc2cc(Cl)ccc2OC1=O. The molecule has 13 heavy (non-hydrogen) atoms. The number of carbonyl (C=O) groups excluding carboxylic acids is 1. The predicted molar refractivity (Wildman–Crippen MR) is 50.0 cm³/mol. The van der Waals surface area contributed by atoms with E-state index in [0.717, 1.165) is 5.56 Å². The lowest BCUT2D eigenvalue weighted by Gasteiger charge is -2.20. The van der Waals surface area contributed by atoms with Crippen LogP contribution < -0.4 is 4.74 Å². The van der Waals surface area contributed by atoms with Crippen molar-refractivity contribution in [2.24, 2.45) is 5.92 Å². The maximum absolute atomic E-state index is 11.2. The highest BCUT2D eigenvalue weighted by atomic mass is 35.5. The number of hydrogen-bond acceptors (Lipinski definition) is 2. The summed E-state index contributed by atoms with van der Waals surface area (Å²) in [5.74, 6) is 0.424. The Balaban J connectivity index is 2.42. The van der Waals surface area contributed by atoms with Crippen molar-refractivity contribution in [1.29, 1.82) is 0 Å². The zero-order chi connectivity index (χ0) is 9.42. The van der Waals surface area contributed by atoms with Crippen LogP contribution in [0.2, 0.25) is 5.02 Å². The molecule has 0 spiro atoms. The molecular weight excluding hydrogens is 188 g/mol. The van der Waals surface area contributed by atoms with E-state index in [1.54, 1.807) is 12.1 Å². The number of ether oxygens (including phenoxy) is 1. The van der Waals surface area contributed by atoms with Gasteiger partial charge in [-0.2, -0.15) is 0 Å². The molecule has 0 aliphatic carbocycles. The van der Waals surface area contributed by atoms with E-state index in [9.17, 15) is 4.79 Å². The average molecular weight is 197 g/mol. The molecule has 0 amide bonds. The normalized spacial score (nSPS) is 20.8. The lowest BCUT2D eigenvalue weighted by atomic mass is 9.98. The van der Waals surface area contributed by atoms with Crippen LogP contribution in [0.5, 0.6) is 5.75 Å². The van der Waals surface area contributed by atoms with Gasteiger partial charge in [0.2, 0.25) is 0 Å². The van der Waals surface area contributed by atoms with Gasteiger partial charge in [0, 0.05) is 5.02 Å². The molecule has 2 nitrogen and oxygen atoms in total. The zero-order valence-electron chi connectivity index (χ0n) is 7.21. The van der Waals surface area contributed by atoms with Crippen molar-refractivity contribution in [3.05, 3.63) is 28.8 Å². The summed E-state index contributed by atoms with van der Waals surface area (Å²) >= 11 is 5.82. The summed E-state index contributed by atoms with van der Waals surface area (Å²) in [5.41, 5.74) is 1.01. The van der Waals surface area contributed by atoms with Crippen LogP contribution in [0.4, 0.5) is 0 Å². The Morgan fingerprint density at radius 3 is 3.08 bits per heavy atom. The Morgan fingerprint density at radius 1 is 1.54 bits per heavy atom. The van der Waals surface area contributed by atoms with Gasteiger partial charge in [0.25, 0.3) is 0 Å². The van der Waals surface area contributed by atoms with Gasteiger partial charge in [-0.05, 0) is 30.2 Å². The van der Waals surface area contributed by atoms with Crippen LogP contribution in [-0.2, 0) is 11.2 Å². The van der Waals surface area contributed by atoms with E-state index in [-0.39, 0.29) is 11.9 Å². The number of halogens is 1. The smallest absolute Gasteiger partial charge is 0.314 e. The molecule has 2 rings (SSSR count). The van der Waals surface area contributed by atoms with Crippen molar-refractivity contribution in [2.75, 3.05) is 0 Å². The Kier molecular flexibility index (Phi) is 2.00. The van der Waals surface area contributed by atoms with Crippen molar-refractivity contribution < 1.29 is 9.53 Å². The van der Waals surface area contributed by atoms with Crippen LogP contribution in [0.1, 0.15) is 12.5 Å². The van der Waals surface area contributed by atoms with Gasteiger partial charge >= 0.3 is 5.97 Å². The highest BCUT2D eigenvalue weighted by Gasteiger charge is 2.24. The second kappa shape index (κ2) is 3.04. The minimum absolute atomic E-state index is 0.0639. The van der Waals surface area contributed by atoms with Crippen molar-refractivity contribution in [2.45, 2.75) is 13.3 Å². The highest BCUT2D eigenvalue weighted by Crippen LogP contribution is 2.29. The number of carbonyl (C=O) groups is 1. The zero-order valence-corrected chi connectivity index (χ0v) is 7.97. The molecule has 1 unspecified atom stereocenters. The number of esters is 1. The number of fused-ring (bicyclic) bond motifs is 1. The van der Waals surface area contributed by atoms with Crippen molar-refractivity contribution >= 4 is 17.6 Å². The van der Waals surface area contributed by atoms with Gasteiger partial charge in [0.05, 0.1) is 5.92 Å². The van der Waals surface area contributed by atoms with E-state index in [1.165, 1.54) is 0 Å². The van der Waals surface area contributed by atoms with Gasteiger partial charge in [-0.1, -0.05) is 18.5 Å². The average Bonchev–Trinajstić information content (AvgIpc) is 2.08. The standard InChI is InChI=1S/C10H9ClO2/c1-6-4-7-5-8(11)2-3-9(7)13-10(6)12/h2-3,5-6H,4H2,1H3.